The van der Waals surface area contributed by atoms with Gasteiger partial charge in [-0.15, -0.1) is 0 Å². The first-order chi connectivity index (χ1) is 18.9. The van der Waals surface area contributed by atoms with E-state index in [9.17, 15) is 14.7 Å². The van der Waals surface area contributed by atoms with Crippen LogP contribution in [0.3, 0.4) is 0 Å². The number of aromatic nitrogens is 1. The van der Waals surface area contributed by atoms with E-state index in [2.05, 4.69) is 10.3 Å². The molecule has 0 saturated heterocycles. The van der Waals surface area contributed by atoms with Gasteiger partial charge in [-0.2, -0.15) is 11.8 Å². The lowest BCUT2D eigenvalue weighted by atomic mass is 9.92. The van der Waals surface area contributed by atoms with Crippen molar-refractivity contribution >= 4 is 23.6 Å². The third-order valence-corrected chi connectivity index (χ3v) is 7.09. The van der Waals surface area contributed by atoms with E-state index in [1.54, 1.807) is 17.8 Å². The fourth-order valence-electron chi connectivity index (χ4n) is 4.29. The summed E-state index contributed by atoms with van der Waals surface area (Å²) < 4.78 is 5.78. The van der Waals surface area contributed by atoms with E-state index < -0.39 is 12.0 Å². The number of hydrogen-bond acceptors (Lipinski definition) is 5. The quantitative estimate of drug-likeness (QED) is 0.211. The molecule has 7 heteroatoms. The zero-order valence-electron chi connectivity index (χ0n) is 22.1. The van der Waals surface area contributed by atoms with Crippen molar-refractivity contribution in [3.8, 4) is 22.8 Å². The lowest BCUT2D eigenvalue weighted by Gasteiger charge is -2.17. The second kappa shape index (κ2) is 13.6. The fraction of sp³-hybridized carbons (Fsp3) is 0.219. The van der Waals surface area contributed by atoms with Crippen molar-refractivity contribution in [1.82, 2.24) is 10.3 Å². The van der Waals surface area contributed by atoms with Gasteiger partial charge in [-0.3, -0.25) is 4.79 Å². The zero-order chi connectivity index (χ0) is 27.6. The number of thioether (sulfide) groups is 1. The molecule has 0 saturated carbocycles. The number of carboxylic acid groups (broad SMARTS) is 1. The number of aliphatic carboxylic acids is 1. The molecule has 1 heterocycles. The molecule has 0 fully saturated rings. The zero-order valence-corrected chi connectivity index (χ0v) is 22.9. The molecule has 200 valence electrons. The number of pyridine rings is 1. The molecule has 0 radical (unpaired) electrons. The lowest BCUT2D eigenvalue weighted by molar-refractivity contribution is -0.139. The van der Waals surface area contributed by atoms with Crippen molar-refractivity contribution in [2.24, 2.45) is 0 Å². The van der Waals surface area contributed by atoms with Crippen LogP contribution in [0, 0.1) is 6.92 Å². The van der Waals surface area contributed by atoms with Crippen LogP contribution >= 0.6 is 11.8 Å². The molecule has 0 bridgehead atoms. The Hall–Kier alpha value is -4.10. The average Bonchev–Trinajstić information content (AvgIpc) is 2.95. The first kappa shape index (κ1) is 27.9. The molecule has 1 amide bonds. The number of carboxylic acids is 1. The lowest BCUT2D eigenvalue weighted by Crippen LogP contribution is -2.41. The maximum Gasteiger partial charge on any atom is 0.326 e. The van der Waals surface area contributed by atoms with Gasteiger partial charge in [0, 0.05) is 17.8 Å². The largest absolute Gasteiger partial charge is 0.480 e. The molecule has 1 unspecified atom stereocenters. The van der Waals surface area contributed by atoms with Gasteiger partial charge in [-0.1, -0.05) is 60.7 Å². The van der Waals surface area contributed by atoms with Gasteiger partial charge in [0.2, 0.25) is 5.88 Å². The Morgan fingerprint density at radius 1 is 0.923 bits per heavy atom. The summed E-state index contributed by atoms with van der Waals surface area (Å²) in [5.74, 6) is 0.519. The van der Waals surface area contributed by atoms with Crippen molar-refractivity contribution in [1.29, 1.82) is 0 Å². The molecule has 0 spiro atoms. The molecule has 1 atom stereocenters. The molecule has 0 aliphatic carbocycles. The van der Waals surface area contributed by atoms with Gasteiger partial charge in [0.25, 0.3) is 5.91 Å². The standard InChI is InChI=1S/C32H32N2O4S/c1-22-8-6-7-11-26(22)28-20-23(14-16-27(28)31(35)34-29(32(36)37)18-19-39-2)12-13-24-15-17-30(33-21-24)38-25-9-4-3-5-10-25/h3-11,14-17,20-21,29H,12-13,18-19H2,1-2H3,(H,34,35)(H,36,37). The number of hydrogen-bond donors (Lipinski definition) is 2. The summed E-state index contributed by atoms with van der Waals surface area (Å²) in [5, 5.41) is 12.3. The topological polar surface area (TPSA) is 88.5 Å². The first-order valence-electron chi connectivity index (χ1n) is 12.8. The molecule has 4 rings (SSSR count). The summed E-state index contributed by atoms with van der Waals surface area (Å²) in [5.41, 5.74) is 5.40. The monoisotopic (exact) mass is 540 g/mol. The van der Waals surface area contributed by atoms with Gasteiger partial charge >= 0.3 is 5.97 Å². The third-order valence-electron chi connectivity index (χ3n) is 6.44. The first-order valence-corrected chi connectivity index (χ1v) is 14.2. The number of carbonyl (C=O) groups excluding carboxylic acids is 1. The van der Waals surface area contributed by atoms with E-state index in [4.69, 9.17) is 4.74 Å². The molecule has 6 nitrogen and oxygen atoms in total. The molecule has 3 aromatic carbocycles. The van der Waals surface area contributed by atoms with Crippen LogP contribution in [0.2, 0.25) is 0 Å². The van der Waals surface area contributed by atoms with Crippen LogP contribution in [0.15, 0.2) is 91.1 Å². The SMILES string of the molecule is CSCCC(NC(=O)c1ccc(CCc2ccc(Oc3ccccc3)nc2)cc1-c1ccccc1C)C(=O)O. The van der Waals surface area contributed by atoms with E-state index in [1.807, 2.05) is 98.2 Å². The van der Waals surface area contributed by atoms with Gasteiger partial charge in [-0.25, -0.2) is 9.78 Å². The third kappa shape index (κ3) is 7.71. The molecule has 0 aliphatic heterocycles. The summed E-state index contributed by atoms with van der Waals surface area (Å²) in [6.45, 7) is 2.01. The molecule has 39 heavy (non-hydrogen) atoms. The number of rotatable bonds is 12. The number of benzene rings is 3. The Labute approximate surface area is 233 Å². The van der Waals surface area contributed by atoms with Crippen LogP contribution in [-0.4, -0.2) is 40.0 Å². The normalized spacial score (nSPS) is 11.5. The number of amides is 1. The van der Waals surface area contributed by atoms with Crippen molar-refractivity contribution in [2.45, 2.75) is 32.2 Å². The minimum absolute atomic E-state index is 0.364. The minimum atomic E-state index is -1.03. The maximum atomic E-state index is 13.3. The van der Waals surface area contributed by atoms with Gasteiger partial charge in [0.1, 0.15) is 11.8 Å². The molecule has 4 aromatic rings. The van der Waals surface area contributed by atoms with Gasteiger partial charge in [0.15, 0.2) is 0 Å². The fourth-order valence-corrected chi connectivity index (χ4v) is 4.76. The van der Waals surface area contributed by atoms with Gasteiger partial charge in [0.05, 0.1) is 0 Å². The van der Waals surface area contributed by atoms with Crippen molar-refractivity contribution < 1.29 is 19.4 Å². The van der Waals surface area contributed by atoms with Gasteiger partial charge < -0.3 is 15.2 Å². The summed E-state index contributed by atoms with van der Waals surface area (Å²) in [6.07, 6.45) is 5.63. The maximum absolute atomic E-state index is 13.3. The second-order valence-corrected chi connectivity index (χ2v) is 10.2. The smallest absolute Gasteiger partial charge is 0.326 e. The Balaban J connectivity index is 1.52. The van der Waals surface area contributed by atoms with E-state index in [1.165, 1.54) is 0 Å². The summed E-state index contributed by atoms with van der Waals surface area (Å²) in [7, 11) is 0. The number of carbonyl (C=O) groups is 2. The minimum Gasteiger partial charge on any atom is -0.480 e. The highest BCUT2D eigenvalue weighted by atomic mass is 32.2. The predicted octanol–water partition coefficient (Wildman–Crippen LogP) is 6.57. The highest BCUT2D eigenvalue weighted by Gasteiger charge is 2.22. The van der Waals surface area contributed by atoms with Crippen LogP contribution in [-0.2, 0) is 17.6 Å². The van der Waals surface area contributed by atoms with Crippen molar-refractivity contribution in [2.75, 3.05) is 12.0 Å². The van der Waals surface area contributed by atoms with Crippen molar-refractivity contribution in [3.63, 3.8) is 0 Å². The van der Waals surface area contributed by atoms with E-state index >= 15 is 0 Å². The number of aryl methyl sites for hydroxylation is 3. The predicted molar refractivity (Wildman–Crippen MR) is 157 cm³/mol. The molecular formula is C32H32N2O4S. The van der Waals surface area contributed by atoms with Crippen LogP contribution in [0.25, 0.3) is 11.1 Å². The van der Waals surface area contributed by atoms with Crippen LogP contribution in [0.5, 0.6) is 11.6 Å². The summed E-state index contributed by atoms with van der Waals surface area (Å²) in [6, 6.07) is 26.2. The highest BCUT2D eigenvalue weighted by molar-refractivity contribution is 7.98. The van der Waals surface area contributed by atoms with Crippen LogP contribution in [0.1, 0.15) is 33.5 Å². The molecule has 1 aromatic heterocycles. The Morgan fingerprint density at radius 2 is 1.64 bits per heavy atom. The Kier molecular flexibility index (Phi) is 9.75. The van der Waals surface area contributed by atoms with E-state index in [0.29, 0.717) is 23.6 Å². The van der Waals surface area contributed by atoms with Gasteiger partial charge in [-0.05, 0) is 84.2 Å². The summed E-state index contributed by atoms with van der Waals surface area (Å²) >= 11 is 1.55. The number of para-hydroxylation sites is 1. The number of nitrogens with zero attached hydrogens (tertiary/aromatic N) is 1. The molecule has 0 aliphatic rings. The van der Waals surface area contributed by atoms with Crippen molar-refractivity contribution in [3.05, 3.63) is 113 Å². The molecular weight excluding hydrogens is 508 g/mol. The summed E-state index contributed by atoms with van der Waals surface area (Å²) in [4.78, 5) is 29.4. The van der Waals surface area contributed by atoms with E-state index in [0.717, 1.165) is 46.4 Å². The number of ether oxygens (including phenoxy) is 1. The highest BCUT2D eigenvalue weighted by Crippen LogP contribution is 2.29. The van der Waals surface area contributed by atoms with Crippen LogP contribution < -0.4 is 10.1 Å². The Morgan fingerprint density at radius 3 is 2.33 bits per heavy atom. The number of nitrogens with one attached hydrogen (secondary N) is 1. The van der Waals surface area contributed by atoms with E-state index in [-0.39, 0.29) is 5.91 Å². The molecule has 2 N–H and O–H groups in total. The Bertz CT molecular complexity index is 1410. The van der Waals surface area contributed by atoms with Crippen LogP contribution in [0.4, 0.5) is 0 Å². The average molecular weight is 541 g/mol. The second-order valence-electron chi connectivity index (χ2n) is 9.26.